The molecule has 0 spiro atoms. The first-order valence-electron chi connectivity index (χ1n) is 7.61. The number of aliphatic hydroxyl groups is 1. The van der Waals surface area contributed by atoms with E-state index in [0.29, 0.717) is 0 Å². The highest BCUT2D eigenvalue weighted by Gasteiger charge is 2.30. The fraction of sp³-hybridized carbons (Fsp3) is 0.471. The van der Waals surface area contributed by atoms with Crippen LogP contribution >= 0.6 is 0 Å². The van der Waals surface area contributed by atoms with Crippen molar-refractivity contribution in [1.29, 1.82) is 0 Å². The first-order valence-corrected chi connectivity index (χ1v) is 7.61. The Hall–Kier alpha value is -1.65. The van der Waals surface area contributed by atoms with Gasteiger partial charge in [0.05, 0.1) is 5.69 Å². The van der Waals surface area contributed by atoms with Crippen LogP contribution in [-0.4, -0.2) is 39.9 Å². The molecule has 1 aliphatic heterocycles. The molecule has 2 N–H and O–H groups in total. The van der Waals surface area contributed by atoms with Crippen LogP contribution in [0.3, 0.4) is 0 Å². The molecule has 0 bridgehead atoms. The summed E-state index contributed by atoms with van der Waals surface area (Å²) in [4.78, 5) is 2.40. The van der Waals surface area contributed by atoms with Crippen molar-refractivity contribution in [2.75, 3.05) is 19.7 Å². The van der Waals surface area contributed by atoms with Crippen molar-refractivity contribution in [3.05, 3.63) is 42.1 Å². The highest BCUT2D eigenvalue weighted by Crippen LogP contribution is 2.29. The van der Waals surface area contributed by atoms with E-state index in [9.17, 15) is 5.11 Å². The van der Waals surface area contributed by atoms with E-state index in [1.807, 2.05) is 18.2 Å². The predicted molar refractivity (Wildman–Crippen MR) is 83.7 cm³/mol. The topological polar surface area (TPSA) is 52.1 Å². The number of likely N-dealkylation sites (tertiary alicyclic amines) is 1. The van der Waals surface area contributed by atoms with Gasteiger partial charge in [-0.25, -0.2) is 0 Å². The molecule has 1 atom stereocenters. The monoisotopic (exact) mass is 285 g/mol. The molecule has 4 heteroatoms. The quantitative estimate of drug-likeness (QED) is 0.908. The van der Waals surface area contributed by atoms with E-state index in [0.717, 1.165) is 49.4 Å². The van der Waals surface area contributed by atoms with Gasteiger partial charge in [0.1, 0.15) is 0 Å². The number of rotatable bonds is 4. The van der Waals surface area contributed by atoms with Gasteiger partial charge in [0.25, 0.3) is 0 Å². The van der Waals surface area contributed by atoms with Gasteiger partial charge >= 0.3 is 0 Å². The van der Waals surface area contributed by atoms with Crippen molar-refractivity contribution in [1.82, 2.24) is 15.1 Å². The zero-order valence-electron chi connectivity index (χ0n) is 12.5. The van der Waals surface area contributed by atoms with Gasteiger partial charge in [0.15, 0.2) is 0 Å². The summed E-state index contributed by atoms with van der Waals surface area (Å²) in [6.45, 7) is 5.34. The van der Waals surface area contributed by atoms with E-state index in [4.69, 9.17) is 0 Å². The Morgan fingerprint density at radius 2 is 2.14 bits per heavy atom. The van der Waals surface area contributed by atoms with Gasteiger partial charge in [-0.1, -0.05) is 37.3 Å². The molecular weight excluding hydrogens is 262 g/mol. The molecule has 4 nitrogen and oxygen atoms in total. The number of nitrogens with one attached hydrogen (secondary N) is 1. The summed E-state index contributed by atoms with van der Waals surface area (Å²) in [5.41, 5.74) is 3.31. The van der Waals surface area contributed by atoms with E-state index < -0.39 is 0 Å². The second-order valence-corrected chi connectivity index (χ2v) is 6.43. The van der Waals surface area contributed by atoms with Gasteiger partial charge in [0.2, 0.25) is 0 Å². The Bertz CT molecular complexity index is 581. The molecule has 0 saturated carbocycles. The Kier molecular flexibility index (Phi) is 4.08. The number of benzene rings is 1. The molecule has 1 saturated heterocycles. The lowest BCUT2D eigenvalue weighted by molar-refractivity contribution is 0.0423. The number of H-pyrrole nitrogens is 1. The minimum absolute atomic E-state index is 0.0422. The highest BCUT2D eigenvalue weighted by atomic mass is 16.3. The normalized spacial score (nSPS) is 23.3. The number of aromatic nitrogens is 2. The maximum atomic E-state index is 9.54. The van der Waals surface area contributed by atoms with E-state index in [2.05, 4.69) is 40.2 Å². The number of hydrogen-bond acceptors (Lipinski definition) is 3. The number of hydrogen-bond donors (Lipinski definition) is 2. The first-order chi connectivity index (χ1) is 10.2. The van der Waals surface area contributed by atoms with Crippen molar-refractivity contribution >= 4 is 0 Å². The number of aliphatic hydroxyl groups excluding tert-OH is 1. The molecule has 1 aliphatic rings. The third kappa shape index (κ3) is 3.34. The zero-order chi connectivity index (χ0) is 14.7. The first kappa shape index (κ1) is 14.3. The standard InChI is InChI=1S/C17H23N3O/c1-17(13-21)8-5-9-20(12-17)11-15-10-16(19-18-15)14-6-3-2-4-7-14/h2-4,6-7,10,21H,5,8-9,11-13H2,1H3,(H,18,19). The van der Waals surface area contributed by atoms with Gasteiger partial charge in [-0.3, -0.25) is 10.00 Å². The maximum absolute atomic E-state index is 9.54. The van der Waals surface area contributed by atoms with E-state index in [1.165, 1.54) is 0 Å². The van der Waals surface area contributed by atoms with Crippen LogP contribution in [0, 0.1) is 5.41 Å². The van der Waals surface area contributed by atoms with Crippen molar-refractivity contribution in [3.63, 3.8) is 0 Å². The molecule has 1 aromatic carbocycles. The van der Waals surface area contributed by atoms with Crippen molar-refractivity contribution < 1.29 is 5.11 Å². The lowest BCUT2D eigenvalue weighted by atomic mass is 9.83. The van der Waals surface area contributed by atoms with Crippen LogP contribution in [0.5, 0.6) is 0 Å². The lowest BCUT2D eigenvalue weighted by Crippen LogP contribution is -2.43. The van der Waals surface area contributed by atoms with Crippen LogP contribution in [-0.2, 0) is 6.54 Å². The van der Waals surface area contributed by atoms with Gasteiger partial charge in [-0.15, -0.1) is 0 Å². The Balaban J connectivity index is 1.67. The number of piperidine rings is 1. The van der Waals surface area contributed by atoms with Crippen LogP contribution in [0.4, 0.5) is 0 Å². The number of nitrogens with zero attached hydrogens (tertiary/aromatic N) is 2. The zero-order valence-corrected chi connectivity index (χ0v) is 12.5. The van der Waals surface area contributed by atoms with Crippen LogP contribution in [0.25, 0.3) is 11.3 Å². The molecule has 0 amide bonds. The van der Waals surface area contributed by atoms with Crippen molar-refractivity contribution in [3.8, 4) is 11.3 Å². The molecular formula is C17H23N3O. The highest BCUT2D eigenvalue weighted by molar-refractivity contribution is 5.58. The lowest BCUT2D eigenvalue weighted by Gasteiger charge is -2.39. The van der Waals surface area contributed by atoms with E-state index >= 15 is 0 Å². The molecule has 1 unspecified atom stereocenters. The Labute approximate surface area is 125 Å². The third-order valence-electron chi connectivity index (χ3n) is 4.34. The third-order valence-corrected chi connectivity index (χ3v) is 4.34. The van der Waals surface area contributed by atoms with Gasteiger partial charge in [-0.2, -0.15) is 5.10 Å². The summed E-state index contributed by atoms with van der Waals surface area (Å²) in [6.07, 6.45) is 2.26. The fourth-order valence-electron chi connectivity index (χ4n) is 3.13. The predicted octanol–water partition coefficient (Wildman–Crippen LogP) is 2.67. The SMILES string of the molecule is CC1(CO)CCCN(Cc2cc(-c3ccccc3)n[nH]2)C1. The molecule has 2 aromatic rings. The van der Waals surface area contributed by atoms with E-state index in [-0.39, 0.29) is 12.0 Å². The van der Waals surface area contributed by atoms with Crippen molar-refractivity contribution in [2.24, 2.45) is 5.41 Å². The molecule has 0 radical (unpaired) electrons. The van der Waals surface area contributed by atoms with Gasteiger partial charge in [0, 0.05) is 36.4 Å². The van der Waals surface area contributed by atoms with Gasteiger partial charge in [-0.05, 0) is 25.5 Å². The van der Waals surface area contributed by atoms with Crippen LogP contribution < -0.4 is 0 Å². The summed E-state index contributed by atoms with van der Waals surface area (Å²) in [5, 5.41) is 17.1. The summed E-state index contributed by atoms with van der Waals surface area (Å²) < 4.78 is 0. The number of aromatic amines is 1. The molecule has 3 rings (SSSR count). The maximum Gasteiger partial charge on any atom is 0.0924 e. The molecule has 1 aromatic heterocycles. The van der Waals surface area contributed by atoms with Crippen LogP contribution in [0.1, 0.15) is 25.5 Å². The molecule has 21 heavy (non-hydrogen) atoms. The largest absolute Gasteiger partial charge is 0.396 e. The minimum atomic E-state index is 0.0422. The molecule has 0 aliphatic carbocycles. The smallest absolute Gasteiger partial charge is 0.0924 e. The van der Waals surface area contributed by atoms with Crippen LogP contribution in [0.2, 0.25) is 0 Å². The minimum Gasteiger partial charge on any atom is -0.396 e. The average Bonchev–Trinajstić information content (AvgIpc) is 2.97. The molecule has 1 fully saturated rings. The summed E-state index contributed by atoms with van der Waals surface area (Å²) in [5.74, 6) is 0. The van der Waals surface area contributed by atoms with Crippen molar-refractivity contribution in [2.45, 2.75) is 26.3 Å². The van der Waals surface area contributed by atoms with Gasteiger partial charge < -0.3 is 5.11 Å². The van der Waals surface area contributed by atoms with E-state index in [1.54, 1.807) is 0 Å². The Morgan fingerprint density at radius 3 is 2.90 bits per heavy atom. The molecule has 112 valence electrons. The second-order valence-electron chi connectivity index (χ2n) is 6.43. The average molecular weight is 285 g/mol. The fourth-order valence-corrected chi connectivity index (χ4v) is 3.13. The second kappa shape index (κ2) is 6.00. The van der Waals surface area contributed by atoms with Crippen LogP contribution in [0.15, 0.2) is 36.4 Å². The summed E-state index contributed by atoms with van der Waals surface area (Å²) in [7, 11) is 0. The molecule has 2 heterocycles. The summed E-state index contributed by atoms with van der Waals surface area (Å²) >= 11 is 0. The summed E-state index contributed by atoms with van der Waals surface area (Å²) in [6, 6.07) is 12.3. The Morgan fingerprint density at radius 1 is 1.33 bits per heavy atom.